The molecular weight excluding hydrogens is 254 g/mol. The molecule has 0 fully saturated rings. The van der Waals surface area contributed by atoms with Gasteiger partial charge in [-0.1, -0.05) is 6.92 Å². The summed E-state index contributed by atoms with van der Waals surface area (Å²) in [7, 11) is 0. The number of carbonyl (C=O) groups is 1. The lowest BCUT2D eigenvalue weighted by atomic mass is 10.2. The van der Waals surface area contributed by atoms with Crippen LogP contribution in [-0.2, 0) is 11.3 Å². The second-order valence-electron chi connectivity index (χ2n) is 5.05. The fourth-order valence-electron chi connectivity index (χ4n) is 2.04. The van der Waals surface area contributed by atoms with Gasteiger partial charge in [0.1, 0.15) is 5.52 Å². The average molecular weight is 275 g/mol. The van der Waals surface area contributed by atoms with Crippen molar-refractivity contribution in [1.29, 1.82) is 0 Å². The maximum Gasteiger partial charge on any atom is 0.222 e. The van der Waals surface area contributed by atoms with E-state index in [1.807, 2.05) is 26.8 Å². The molecular formula is C14H21N5O. The summed E-state index contributed by atoms with van der Waals surface area (Å²) in [4.78, 5) is 20.4. The number of aryl methyl sites for hydroxylation is 2. The van der Waals surface area contributed by atoms with Crippen LogP contribution >= 0.6 is 0 Å². The van der Waals surface area contributed by atoms with Crippen LogP contribution in [0.25, 0.3) is 11.2 Å². The normalized spacial score (nSPS) is 12.6. The topological polar surface area (TPSA) is 85.8 Å². The largest absolute Gasteiger partial charge is 0.369 e. The van der Waals surface area contributed by atoms with Crippen molar-refractivity contribution in [3.05, 3.63) is 17.8 Å². The maximum absolute atomic E-state index is 11.8. The lowest BCUT2D eigenvalue weighted by molar-refractivity contribution is -0.121. The smallest absolute Gasteiger partial charge is 0.222 e. The first-order chi connectivity index (χ1) is 9.52. The Morgan fingerprint density at radius 3 is 3.00 bits per heavy atom. The first-order valence-corrected chi connectivity index (χ1v) is 6.89. The fourth-order valence-corrected chi connectivity index (χ4v) is 2.04. The number of amides is 1. The van der Waals surface area contributed by atoms with E-state index in [1.165, 1.54) is 0 Å². The molecule has 1 amide bonds. The first-order valence-electron chi connectivity index (χ1n) is 6.89. The predicted octanol–water partition coefficient (Wildman–Crippen LogP) is 1.63. The van der Waals surface area contributed by atoms with Crippen LogP contribution in [0.15, 0.2) is 12.3 Å². The van der Waals surface area contributed by atoms with Crippen molar-refractivity contribution in [2.75, 3.05) is 5.73 Å². The lowest BCUT2D eigenvalue weighted by Gasteiger charge is -2.11. The van der Waals surface area contributed by atoms with Crippen molar-refractivity contribution in [1.82, 2.24) is 19.9 Å². The third-order valence-electron chi connectivity index (χ3n) is 3.45. The molecule has 6 nitrogen and oxygen atoms in total. The van der Waals surface area contributed by atoms with E-state index in [1.54, 1.807) is 10.8 Å². The Hall–Kier alpha value is -2.11. The number of hydrogen-bond acceptors (Lipinski definition) is 4. The third kappa shape index (κ3) is 2.89. The minimum absolute atomic E-state index is 0.0215. The van der Waals surface area contributed by atoms with Gasteiger partial charge in [0.05, 0.1) is 0 Å². The van der Waals surface area contributed by atoms with E-state index in [-0.39, 0.29) is 11.9 Å². The Bertz CT molecular complexity index is 619. The highest BCUT2D eigenvalue weighted by Gasteiger charge is 2.13. The predicted molar refractivity (Wildman–Crippen MR) is 79.2 cm³/mol. The number of carbonyl (C=O) groups excluding carboxylic acids is 1. The van der Waals surface area contributed by atoms with Gasteiger partial charge >= 0.3 is 0 Å². The van der Waals surface area contributed by atoms with E-state index in [2.05, 4.69) is 15.3 Å². The molecule has 0 aromatic carbocycles. The van der Waals surface area contributed by atoms with Gasteiger partial charge < -0.3 is 11.1 Å². The van der Waals surface area contributed by atoms with Crippen molar-refractivity contribution < 1.29 is 4.79 Å². The van der Waals surface area contributed by atoms with Crippen molar-refractivity contribution >= 4 is 23.0 Å². The molecule has 108 valence electrons. The summed E-state index contributed by atoms with van der Waals surface area (Å²) in [5.74, 6) is 0.423. The summed E-state index contributed by atoms with van der Waals surface area (Å²) in [6.07, 6.45) is 3.02. The monoisotopic (exact) mass is 275 g/mol. The SMILES string of the molecule is CCC(C)NC(=O)CCn1c(N)nc2c(C)ccnc21. The number of pyridine rings is 1. The summed E-state index contributed by atoms with van der Waals surface area (Å²) < 4.78 is 1.79. The Labute approximate surface area is 118 Å². The summed E-state index contributed by atoms with van der Waals surface area (Å²) in [5, 5.41) is 2.94. The van der Waals surface area contributed by atoms with E-state index in [4.69, 9.17) is 5.73 Å². The minimum atomic E-state index is 0.0215. The molecule has 1 atom stereocenters. The van der Waals surface area contributed by atoms with Gasteiger partial charge in [0.25, 0.3) is 0 Å². The molecule has 6 heteroatoms. The average Bonchev–Trinajstić information content (AvgIpc) is 2.74. The van der Waals surface area contributed by atoms with Gasteiger partial charge in [0.2, 0.25) is 11.9 Å². The first kappa shape index (κ1) is 14.3. The number of imidazole rings is 1. The molecule has 0 aliphatic rings. The van der Waals surface area contributed by atoms with E-state index >= 15 is 0 Å². The van der Waals surface area contributed by atoms with Gasteiger partial charge in [-0.2, -0.15) is 0 Å². The molecule has 0 radical (unpaired) electrons. The minimum Gasteiger partial charge on any atom is -0.369 e. The molecule has 1 unspecified atom stereocenters. The van der Waals surface area contributed by atoms with Gasteiger partial charge in [0.15, 0.2) is 5.65 Å². The Morgan fingerprint density at radius 2 is 2.30 bits per heavy atom. The Morgan fingerprint density at radius 1 is 1.55 bits per heavy atom. The van der Waals surface area contributed by atoms with Crippen molar-refractivity contribution in [2.24, 2.45) is 0 Å². The molecule has 2 rings (SSSR count). The van der Waals surface area contributed by atoms with E-state index < -0.39 is 0 Å². The number of nitrogen functional groups attached to an aromatic ring is 1. The molecule has 20 heavy (non-hydrogen) atoms. The van der Waals surface area contributed by atoms with E-state index in [0.29, 0.717) is 18.9 Å². The molecule has 3 N–H and O–H groups in total. The van der Waals surface area contributed by atoms with Crippen molar-refractivity contribution in [2.45, 2.75) is 46.2 Å². The molecule has 0 aliphatic carbocycles. The number of hydrogen-bond donors (Lipinski definition) is 2. The van der Waals surface area contributed by atoms with Crippen LogP contribution in [0.2, 0.25) is 0 Å². The number of aromatic nitrogens is 3. The molecule has 2 aromatic heterocycles. The standard InChI is InChI=1S/C14H21N5O/c1-4-10(3)17-11(20)6-8-19-13-12(18-14(19)15)9(2)5-7-16-13/h5,7,10H,4,6,8H2,1-3H3,(H2,15,18)(H,17,20). The van der Waals surface area contributed by atoms with Gasteiger partial charge in [-0.15, -0.1) is 0 Å². The van der Waals surface area contributed by atoms with Crippen LogP contribution in [0, 0.1) is 6.92 Å². The van der Waals surface area contributed by atoms with Crippen LogP contribution in [0.3, 0.4) is 0 Å². The number of nitrogens with one attached hydrogen (secondary N) is 1. The number of rotatable bonds is 5. The van der Waals surface area contributed by atoms with Gasteiger partial charge in [-0.05, 0) is 31.9 Å². The van der Waals surface area contributed by atoms with Gasteiger partial charge in [0, 0.05) is 25.2 Å². The van der Waals surface area contributed by atoms with Crippen molar-refractivity contribution in [3.8, 4) is 0 Å². The maximum atomic E-state index is 11.8. The molecule has 0 aliphatic heterocycles. The van der Waals surface area contributed by atoms with Gasteiger partial charge in [-0.3, -0.25) is 9.36 Å². The lowest BCUT2D eigenvalue weighted by Crippen LogP contribution is -2.32. The van der Waals surface area contributed by atoms with Crippen molar-refractivity contribution in [3.63, 3.8) is 0 Å². The highest BCUT2D eigenvalue weighted by atomic mass is 16.1. The highest BCUT2D eigenvalue weighted by Crippen LogP contribution is 2.18. The molecule has 0 bridgehead atoms. The second kappa shape index (κ2) is 5.90. The molecule has 0 saturated carbocycles. The van der Waals surface area contributed by atoms with Crippen LogP contribution in [-0.4, -0.2) is 26.5 Å². The number of anilines is 1. The number of fused-ring (bicyclic) bond motifs is 1. The van der Waals surface area contributed by atoms with Gasteiger partial charge in [-0.25, -0.2) is 9.97 Å². The van der Waals surface area contributed by atoms with E-state index in [9.17, 15) is 4.79 Å². The summed E-state index contributed by atoms with van der Waals surface area (Å²) >= 11 is 0. The highest BCUT2D eigenvalue weighted by molar-refractivity contribution is 5.79. The number of nitrogens with zero attached hydrogens (tertiary/aromatic N) is 3. The van der Waals surface area contributed by atoms with Crippen LogP contribution < -0.4 is 11.1 Å². The molecule has 2 heterocycles. The van der Waals surface area contributed by atoms with Crippen LogP contribution in [0.5, 0.6) is 0 Å². The Balaban J connectivity index is 2.12. The second-order valence-corrected chi connectivity index (χ2v) is 5.05. The van der Waals surface area contributed by atoms with Crippen LogP contribution in [0.1, 0.15) is 32.3 Å². The third-order valence-corrected chi connectivity index (χ3v) is 3.45. The summed E-state index contributed by atoms with van der Waals surface area (Å²) in [5.41, 5.74) is 8.48. The fraction of sp³-hybridized carbons (Fsp3) is 0.500. The molecule has 0 spiro atoms. The zero-order chi connectivity index (χ0) is 14.7. The summed E-state index contributed by atoms with van der Waals surface area (Å²) in [6, 6.07) is 2.09. The van der Waals surface area contributed by atoms with Crippen LogP contribution in [0.4, 0.5) is 5.95 Å². The quantitative estimate of drug-likeness (QED) is 0.868. The Kier molecular flexibility index (Phi) is 4.22. The summed E-state index contributed by atoms with van der Waals surface area (Å²) in [6.45, 7) is 6.49. The molecule has 2 aromatic rings. The zero-order valence-electron chi connectivity index (χ0n) is 12.2. The molecule has 0 saturated heterocycles. The zero-order valence-corrected chi connectivity index (χ0v) is 12.2. The van der Waals surface area contributed by atoms with E-state index in [0.717, 1.165) is 23.1 Å². The number of nitrogens with two attached hydrogens (primary N) is 1.